The highest BCUT2D eigenvalue weighted by molar-refractivity contribution is 5.99. The van der Waals surface area contributed by atoms with E-state index in [9.17, 15) is 14.4 Å². The van der Waals surface area contributed by atoms with E-state index in [1.165, 1.54) is 0 Å². The first-order chi connectivity index (χ1) is 14.0. The van der Waals surface area contributed by atoms with Crippen molar-refractivity contribution in [2.75, 3.05) is 13.7 Å². The third-order valence-electron chi connectivity index (χ3n) is 5.26. The Labute approximate surface area is 179 Å². The van der Waals surface area contributed by atoms with Crippen molar-refractivity contribution in [2.45, 2.75) is 72.6 Å². The van der Waals surface area contributed by atoms with Crippen LogP contribution in [0.25, 0.3) is 0 Å². The van der Waals surface area contributed by atoms with E-state index < -0.39 is 23.5 Å². The number of carbonyl (C=O) groups excluding carboxylic acids is 3. The van der Waals surface area contributed by atoms with Crippen molar-refractivity contribution in [1.29, 1.82) is 0 Å². The van der Waals surface area contributed by atoms with Gasteiger partial charge in [-0.05, 0) is 43.9 Å². The Hall–Kier alpha value is -2.57. The molecule has 1 aliphatic heterocycles. The molecule has 7 heteroatoms. The number of esters is 1. The Morgan fingerprint density at radius 1 is 1.10 bits per heavy atom. The molecule has 2 atom stereocenters. The fourth-order valence-corrected chi connectivity index (χ4v) is 3.98. The van der Waals surface area contributed by atoms with E-state index in [4.69, 9.17) is 9.47 Å². The Kier molecular flexibility index (Phi) is 7.50. The van der Waals surface area contributed by atoms with Crippen molar-refractivity contribution in [3.8, 4) is 5.75 Å². The lowest BCUT2D eigenvalue weighted by atomic mass is 9.81. The molecule has 0 radical (unpaired) electrons. The SMILES string of the molecule is CCOC(=O)C[C@H]1C(=O)N(Cc2ccc(OC)cc2)[C@H](C(C)(C)C)C(=O)N1C(C)C. The number of amides is 2. The molecule has 166 valence electrons. The maximum Gasteiger partial charge on any atom is 0.308 e. The maximum absolute atomic E-state index is 13.6. The smallest absolute Gasteiger partial charge is 0.308 e. The van der Waals surface area contributed by atoms with Gasteiger partial charge >= 0.3 is 5.97 Å². The average Bonchev–Trinajstić information content (AvgIpc) is 2.65. The van der Waals surface area contributed by atoms with Gasteiger partial charge in [0, 0.05) is 12.6 Å². The predicted molar refractivity (Wildman–Crippen MR) is 114 cm³/mol. The second-order valence-corrected chi connectivity index (χ2v) is 8.95. The van der Waals surface area contributed by atoms with Crippen molar-refractivity contribution >= 4 is 17.8 Å². The summed E-state index contributed by atoms with van der Waals surface area (Å²) in [5, 5.41) is 0. The molecule has 30 heavy (non-hydrogen) atoms. The molecule has 2 amide bonds. The lowest BCUT2D eigenvalue weighted by Crippen LogP contribution is -2.69. The summed E-state index contributed by atoms with van der Waals surface area (Å²) in [5.41, 5.74) is 0.417. The first kappa shape index (κ1) is 23.7. The molecular weight excluding hydrogens is 384 g/mol. The van der Waals surface area contributed by atoms with E-state index in [2.05, 4.69) is 0 Å². The van der Waals surface area contributed by atoms with Crippen LogP contribution >= 0.6 is 0 Å². The van der Waals surface area contributed by atoms with Crippen molar-refractivity contribution in [3.05, 3.63) is 29.8 Å². The van der Waals surface area contributed by atoms with Gasteiger partial charge in [-0.2, -0.15) is 0 Å². The van der Waals surface area contributed by atoms with Crippen molar-refractivity contribution in [3.63, 3.8) is 0 Å². The van der Waals surface area contributed by atoms with Crippen LogP contribution in [-0.2, 0) is 25.7 Å². The molecule has 1 aromatic carbocycles. The van der Waals surface area contributed by atoms with Crippen LogP contribution in [0, 0.1) is 5.41 Å². The number of methoxy groups -OCH3 is 1. The van der Waals surface area contributed by atoms with E-state index in [1.807, 2.05) is 58.9 Å². The van der Waals surface area contributed by atoms with Gasteiger partial charge in [0.15, 0.2) is 0 Å². The summed E-state index contributed by atoms with van der Waals surface area (Å²) in [6.45, 7) is 11.8. The van der Waals surface area contributed by atoms with Gasteiger partial charge in [0.05, 0.1) is 20.1 Å². The third kappa shape index (κ3) is 5.12. The second kappa shape index (κ2) is 9.49. The number of hydrogen-bond donors (Lipinski definition) is 0. The van der Waals surface area contributed by atoms with Crippen LogP contribution in [0.5, 0.6) is 5.75 Å². The molecule has 0 N–H and O–H groups in total. The van der Waals surface area contributed by atoms with Gasteiger partial charge in [-0.3, -0.25) is 14.4 Å². The first-order valence-corrected chi connectivity index (χ1v) is 10.4. The van der Waals surface area contributed by atoms with Gasteiger partial charge < -0.3 is 19.3 Å². The zero-order valence-electron chi connectivity index (χ0n) is 19.1. The molecule has 0 saturated carbocycles. The van der Waals surface area contributed by atoms with Gasteiger partial charge in [0.2, 0.25) is 11.8 Å². The van der Waals surface area contributed by atoms with Crippen molar-refractivity contribution in [2.24, 2.45) is 5.41 Å². The predicted octanol–water partition coefficient (Wildman–Crippen LogP) is 3.01. The minimum Gasteiger partial charge on any atom is -0.497 e. The molecule has 1 aliphatic rings. The van der Waals surface area contributed by atoms with Crippen LogP contribution in [0.4, 0.5) is 0 Å². The summed E-state index contributed by atoms with van der Waals surface area (Å²) in [6, 6.07) is 5.70. The molecule has 7 nitrogen and oxygen atoms in total. The summed E-state index contributed by atoms with van der Waals surface area (Å²) in [5.74, 6) is -0.127. The highest BCUT2D eigenvalue weighted by atomic mass is 16.5. The zero-order valence-corrected chi connectivity index (χ0v) is 19.1. The molecule has 1 fully saturated rings. The topological polar surface area (TPSA) is 76.1 Å². The zero-order chi connectivity index (χ0) is 22.6. The number of nitrogens with zero attached hydrogens (tertiary/aromatic N) is 2. The Morgan fingerprint density at radius 3 is 2.17 bits per heavy atom. The fraction of sp³-hybridized carbons (Fsp3) is 0.609. The molecule has 1 aromatic rings. The van der Waals surface area contributed by atoms with Gasteiger partial charge in [-0.25, -0.2) is 0 Å². The summed E-state index contributed by atoms with van der Waals surface area (Å²) < 4.78 is 10.3. The second-order valence-electron chi connectivity index (χ2n) is 8.95. The molecule has 2 rings (SSSR count). The van der Waals surface area contributed by atoms with Crippen LogP contribution in [-0.4, -0.2) is 59.4 Å². The fourth-order valence-electron chi connectivity index (χ4n) is 3.98. The first-order valence-electron chi connectivity index (χ1n) is 10.4. The van der Waals surface area contributed by atoms with E-state index in [0.717, 1.165) is 11.3 Å². The number of ether oxygens (including phenoxy) is 2. The summed E-state index contributed by atoms with van der Waals surface area (Å²) in [6.07, 6.45) is -0.146. The molecule has 1 heterocycles. The summed E-state index contributed by atoms with van der Waals surface area (Å²) in [4.78, 5) is 42.6. The third-order valence-corrected chi connectivity index (χ3v) is 5.26. The highest BCUT2D eigenvalue weighted by Crippen LogP contribution is 2.34. The van der Waals surface area contributed by atoms with Crippen LogP contribution in [0.2, 0.25) is 0 Å². The maximum atomic E-state index is 13.6. The highest BCUT2D eigenvalue weighted by Gasteiger charge is 2.51. The summed E-state index contributed by atoms with van der Waals surface area (Å²) >= 11 is 0. The molecule has 0 bridgehead atoms. The average molecular weight is 419 g/mol. The van der Waals surface area contributed by atoms with Gasteiger partial charge in [0.25, 0.3) is 0 Å². The summed E-state index contributed by atoms with van der Waals surface area (Å²) in [7, 11) is 1.60. The lowest BCUT2D eigenvalue weighted by molar-refractivity contribution is -0.172. The molecule has 0 aromatic heterocycles. The van der Waals surface area contributed by atoms with E-state index in [0.29, 0.717) is 0 Å². The minimum absolute atomic E-state index is 0.139. The van der Waals surface area contributed by atoms with E-state index >= 15 is 0 Å². The van der Waals surface area contributed by atoms with Crippen LogP contribution < -0.4 is 4.74 Å². The Morgan fingerprint density at radius 2 is 1.70 bits per heavy atom. The van der Waals surface area contributed by atoms with Crippen LogP contribution in [0.15, 0.2) is 24.3 Å². The Balaban J connectivity index is 2.45. The van der Waals surface area contributed by atoms with Gasteiger partial charge in [0.1, 0.15) is 17.8 Å². The molecule has 1 saturated heterocycles. The quantitative estimate of drug-likeness (QED) is 0.636. The largest absolute Gasteiger partial charge is 0.497 e. The number of hydrogen-bond acceptors (Lipinski definition) is 5. The van der Waals surface area contributed by atoms with E-state index in [-0.39, 0.29) is 37.4 Å². The number of benzene rings is 1. The van der Waals surface area contributed by atoms with Gasteiger partial charge in [-0.1, -0.05) is 32.9 Å². The molecule has 0 unspecified atom stereocenters. The minimum atomic E-state index is -0.867. The molecular formula is C23H34N2O5. The molecule has 0 aliphatic carbocycles. The molecule has 0 spiro atoms. The normalized spacial score (nSPS) is 20.0. The Bertz CT molecular complexity index is 767. The van der Waals surface area contributed by atoms with Gasteiger partial charge in [-0.15, -0.1) is 0 Å². The number of piperazine rings is 1. The van der Waals surface area contributed by atoms with E-state index in [1.54, 1.807) is 23.8 Å². The standard InChI is InChI=1S/C23H34N2O5/c1-8-30-19(26)13-18-21(27)24(14-16-9-11-17(29-7)12-10-16)20(23(4,5)6)22(28)25(18)15(2)3/h9-12,15,18,20H,8,13-14H2,1-7H3/t18-,20-/m0/s1. The van der Waals surface area contributed by atoms with Crippen LogP contribution in [0.1, 0.15) is 53.5 Å². The number of rotatable bonds is 7. The van der Waals surface area contributed by atoms with Crippen molar-refractivity contribution < 1.29 is 23.9 Å². The van der Waals surface area contributed by atoms with Crippen LogP contribution in [0.3, 0.4) is 0 Å². The lowest BCUT2D eigenvalue weighted by Gasteiger charge is -2.50. The monoisotopic (exact) mass is 418 g/mol. The number of carbonyl (C=O) groups is 3. The van der Waals surface area contributed by atoms with Crippen molar-refractivity contribution in [1.82, 2.24) is 9.80 Å².